The summed E-state index contributed by atoms with van der Waals surface area (Å²) in [6.45, 7) is 0.639. The van der Waals surface area contributed by atoms with Gasteiger partial charge in [-0.05, 0) is 38.0 Å². The summed E-state index contributed by atoms with van der Waals surface area (Å²) in [5.74, 6) is 0.839. The fourth-order valence-corrected chi connectivity index (χ4v) is 2.49. The maximum absolute atomic E-state index is 11.6. The standard InChI is InChI=1S/C13H20O2/c14-13(12-8-4-5-9-12)15-10-11-6-2-1-3-7-11/h1-2,11-12H,3-10H2/t11-/m0/s1. The number of rotatable bonds is 3. The lowest BCUT2D eigenvalue weighted by molar-refractivity contribution is -0.149. The Morgan fingerprint density at radius 1 is 1.20 bits per heavy atom. The van der Waals surface area contributed by atoms with Crippen LogP contribution < -0.4 is 0 Å². The lowest BCUT2D eigenvalue weighted by atomic mass is 9.95. The zero-order valence-electron chi connectivity index (χ0n) is 9.28. The maximum Gasteiger partial charge on any atom is 0.308 e. The lowest BCUT2D eigenvalue weighted by Gasteiger charge is -2.18. The third-order valence-corrected chi connectivity index (χ3v) is 3.53. The Morgan fingerprint density at radius 2 is 2.00 bits per heavy atom. The normalized spacial score (nSPS) is 26.8. The van der Waals surface area contributed by atoms with Gasteiger partial charge in [0.25, 0.3) is 0 Å². The minimum Gasteiger partial charge on any atom is -0.465 e. The topological polar surface area (TPSA) is 26.3 Å². The molecule has 1 saturated carbocycles. The number of hydrogen-bond donors (Lipinski definition) is 0. The largest absolute Gasteiger partial charge is 0.465 e. The summed E-state index contributed by atoms with van der Waals surface area (Å²) in [6.07, 6.45) is 12.3. The zero-order chi connectivity index (χ0) is 10.5. The van der Waals surface area contributed by atoms with Crippen molar-refractivity contribution in [3.63, 3.8) is 0 Å². The van der Waals surface area contributed by atoms with Crippen LogP contribution in [0.15, 0.2) is 12.2 Å². The van der Waals surface area contributed by atoms with Crippen molar-refractivity contribution in [2.75, 3.05) is 6.61 Å². The van der Waals surface area contributed by atoms with Gasteiger partial charge in [-0.15, -0.1) is 0 Å². The second-order valence-corrected chi connectivity index (χ2v) is 4.76. The van der Waals surface area contributed by atoms with E-state index in [-0.39, 0.29) is 11.9 Å². The molecule has 0 N–H and O–H groups in total. The second-order valence-electron chi connectivity index (χ2n) is 4.76. The number of carbonyl (C=O) groups excluding carboxylic acids is 1. The Hall–Kier alpha value is -0.790. The molecule has 0 bridgehead atoms. The molecule has 0 unspecified atom stereocenters. The van der Waals surface area contributed by atoms with Crippen molar-refractivity contribution in [3.8, 4) is 0 Å². The Balaban J connectivity index is 1.68. The van der Waals surface area contributed by atoms with Crippen molar-refractivity contribution in [3.05, 3.63) is 12.2 Å². The molecule has 0 aromatic carbocycles. The van der Waals surface area contributed by atoms with Crippen LogP contribution in [-0.2, 0) is 9.53 Å². The molecule has 15 heavy (non-hydrogen) atoms. The predicted octanol–water partition coefficient (Wildman–Crippen LogP) is 3.08. The molecule has 0 aromatic rings. The zero-order valence-corrected chi connectivity index (χ0v) is 9.28. The number of carbonyl (C=O) groups is 1. The molecule has 2 aliphatic rings. The van der Waals surface area contributed by atoms with Gasteiger partial charge in [-0.2, -0.15) is 0 Å². The van der Waals surface area contributed by atoms with Gasteiger partial charge in [0, 0.05) is 0 Å². The molecule has 0 aliphatic heterocycles. The SMILES string of the molecule is O=C(OC[C@H]1CC=CCC1)C1CCCC1. The minimum atomic E-state index is 0.0575. The predicted molar refractivity (Wildman–Crippen MR) is 59.4 cm³/mol. The van der Waals surface area contributed by atoms with Gasteiger partial charge in [-0.3, -0.25) is 4.79 Å². The molecule has 0 spiro atoms. The first-order valence-electron chi connectivity index (χ1n) is 6.18. The average molecular weight is 208 g/mol. The van der Waals surface area contributed by atoms with Gasteiger partial charge in [-0.25, -0.2) is 0 Å². The van der Waals surface area contributed by atoms with Crippen molar-refractivity contribution >= 4 is 5.97 Å². The van der Waals surface area contributed by atoms with Crippen molar-refractivity contribution in [2.24, 2.45) is 11.8 Å². The van der Waals surface area contributed by atoms with Crippen molar-refractivity contribution in [1.29, 1.82) is 0 Å². The molecule has 2 rings (SSSR count). The van der Waals surface area contributed by atoms with Gasteiger partial charge in [0.2, 0.25) is 0 Å². The molecule has 1 fully saturated rings. The third kappa shape index (κ3) is 3.08. The van der Waals surface area contributed by atoms with Crippen LogP contribution in [0.3, 0.4) is 0 Å². The van der Waals surface area contributed by atoms with E-state index in [1.54, 1.807) is 0 Å². The Labute approximate surface area is 91.7 Å². The smallest absolute Gasteiger partial charge is 0.308 e. The van der Waals surface area contributed by atoms with E-state index < -0.39 is 0 Å². The highest BCUT2D eigenvalue weighted by Crippen LogP contribution is 2.26. The van der Waals surface area contributed by atoms with E-state index in [9.17, 15) is 4.79 Å². The molecule has 84 valence electrons. The Morgan fingerprint density at radius 3 is 2.67 bits per heavy atom. The monoisotopic (exact) mass is 208 g/mol. The minimum absolute atomic E-state index is 0.0575. The van der Waals surface area contributed by atoms with Gasteiger partial charge in [-0.1, -0.05) is 25.0 Å². The molecule has 1 atom stereocenters. The van der Waals surface area contributed by atoms with Gasteiger partial charge < -0.3 is 4.74 Å². The number of ether oxygens (including phenoxy) is 1. The summed E-state index contributed by atoms with van der Waals surface area (Å²) in [4.78, 5) is 11.6. The molecule has 0 heterocycles. The first kappa shape index (κ1) is 10.7. The maximum atomic E-state index is 11.6. The van der Waals surface area contributed by atoms with E-state index in [4.69, 9.17) is 4.74 Å². The summed E-state index contributed by atoms with van der Waals surface area (Å²) in [5, 5.41) is 0. The fourth-order valence-electron chi connectivity index (χ4n) is 2.49. The first-order chi connectivity index (χ1) is 7.36. The van der Waals surface area contributed by atoms with Crippen molar-refractivity contribution in [1.82, 2.24) is 0 Å². The van der Waals surface area contributed by atoms with E-state index >= 15 is 0 Å². The van der Waals surface area contributed by atoms with E-state index in [0.717, 1.165) is 25.7 Å². The van der Waals surface area contributed by atoms with Gasteiger partial charge in [0.05, 0.1) is 12.5 Å². The van der Waals surface area contributed by atoms with Crippen LogP contribution in [0, 0.1) is 11.8 Å². The summed E-state index contributed by atoms with van der Waals surface area (Å²) >= 11 is 0. The summed E-state index contributed by atoms with van der Waals surface area (Å²) < 4.78 is 5.39. The van der Waals surface area contributed by atoms with Crippen LogP contribution in [0.2, 0.25) is 0 Å². The van der Waals surface area contributed by atoms with Crippen LogP contribution in [0.1, 0.15) is 44.9 Å². The molecular weight excluding hydrogens is 188 g/mol. The molecule has 2 aliphatic carbocycles. The fraction of sp³-hybridized carbons (Fsp3) is 0.769. The van der Waals surface area contributed by atoms with Crippen LogP contribution in [0.25, 0.3) is 0 Å². The van der Waals surface area contributed by atoms with Crippen LogP contribution in [-0.4, -0.2) is 12.6 Å². The van der Waals surface area contributed by atoms with Crippen molar-refractivity contribution in [2.45, 2.75) is 44.9 Å². The van der Waals surface area contributed by atoms with E-state index in [0.29, 0.717) is 12.5 Å². The van der Waals surface area contributed by atoms with Crippen LogP contribution in [0.4, 0.5) is 0 Å². The quantitative estimate of drug-likeness (QED) is 0.526. The number of esters is 1. The Kier molecular flexibility index (Phi) is 3.81. The highest BCUT2D eigenvalue weighted by Gasteiger charge is 2.24. The Bertz CT molecular complexity index is 239. The molecule has 2 heteroatoms. The molecule has 0 aromatic heterocycles. The summed E-state index contributed by atoms with van der Waals surface area (Å²) in [7, 11) is 0. The number of allylic oxidation sites excluding steroid dienone is 2. The lowest BCUT2D eigenvalue weighted by Crippen LogP contribution is -2.20. The molecule has 0 amide bonds. The van der Waals surface area contributed by atoms with Crippen molar-refractivity contribution < 1.29 is 9.53 Å². The van der Waals surface area contributed by atoms with E-state index in [1.807, 2.05) is 0 Å². The van der Waals surface area contributed by atoms with Crippen LogP contribution in [0.5, 0.6) is 0 Å². The van der Waals surface area contributed by atoms with Gasteiger partial charge in [0.1, 0.15) is 0 Å². The second kappa shape index (κ2) is 5.34. The van der Waals surface area contributed by atoms with Crippen LogP contribution >= 0.6 is 0 Å². The highest BCUT2D eigenvalue weighted by molar-refractivity contribution is 5.72. The molecule has 2 nitrogen and oxygen atoms in total. The molecule has 0 saturated heterocycles. The average Bonchev–Trinajstić information content (AvgIpc) is 2.81. The third-order valence-electron chi connectivity index (χ3n) is 3.53. The van der Waals surface area contributed by atoms with E-state index in [2.05, 4.69) is 12.2 Å². The summed E-state index contributed by atoms with van der Waals surface area (Å²) in [6, 6.07) is 0. The highest BCUT2D eigenvalue weighted by atomic mass is 16.5. The number of hydrogen-bond acceptors (Lipinski definition) is 2. The summed E-state index contributed by atoms with van der Waals surface area (Å²) in [5.41, 5.74) is 0. The van der Waals surface area contributed by atoms with Gasteiger partial charge in [0.15, 0.2) is 0 Å². The molecular formula is C13H20O2. The van der Waals surface area contributed by atoms with Gasteiger partial charge >= 0.3 is 5.97 Å². The molecule has 0 radical (unpaired) electrons. The first-order valence-corrected chi connectivity index (χ1v) is 6.18. The van der Waals surface area contributed by atoms with E-state index in [1.165, 1.54) is 19.3 Å².